The van der Waals surface area contributed by atoms with Crippen molar-refractivity contribution in [2.45, 2.75) is 13.5 Å². The van der Waals surface area contributed by atoms with Gasteiger partial charge < -0.3 is 19.7 Å². The van der Waals surface area contributed by atoms with E-state index in [1.165, 1.54) is 0 Å². The van der Waals surface area contributed by atoms with Gasteiger partial charge in [-0.1, -0.05) is 35.0 Å². The SMILES string of the molecule is COc1ccccc1/C(N)=N/OCc1nnc(-c2ccc(C)cc2)o1. The van der Waals surface area contributed by atoms with Crippen molar-refractivity contribution in [1.82, 2.24) is 10.2 Å². The molecule has 25 heavy (non-hydrogen) atoms. The lowest BCUT2D eigenvalue weighted by atomic mass is 10.1. The van der Waals surface area contributed by atoms with E-state index in [1.807, 2.05) is 43.3 Å². The van der Waals surface area contributed by atoms with Crippen molar-refractivity contribution in [3.05, 3.63) is 65.5 Å². The smallest absolute Gasteiger partial charge is 0.257 e. The zero-order valence-electron chi connectivity index (χ0n) is 14.0. The highest BCUT2D eigenvalue weighted by atomic mass is 16.6. The Hall–Kier alpha value is -3.35. The lowest BCUT2D eigenvalue weighted by molar-refractivity contribution is 0.111. The second-order valence-electron chi connectivity index (χ2n) is 5.32. The molecule has 0 aliphatic carbocycles. The summed E-state index contributed by atoms with van der Waals surface area (Å²) in [5.74, 6) is 1.56. The molecule has 0 amide bonds. The molecule has 0 bridgehead atoms. The van der Waals surface area contributed by atoms with Gasteiger partial charge in [-0.25, -0.2) is 0 Å². The number of methoxy groups -OCH3 is 1. The van der Waals surface area contributed by atoms with Crippen LogP contribution in [0, 0.1) is 6.92 Å². The molecule has 0 radical (unpaired) electrons. The topological polar surface area (TPSA) is 95.8 Å². The first-order valence-corrected chi connectivity index (χ1v) is 7.65. The Morgan fingerprint density at radius 1 is 1.12 bits per heavy atom. The van der Waals surface area contributed by atoms with Gasteiger partial charge in [0.15, 0.2) is 12.4 Å². The van der Waals surface area contributed by atoms with E-state index in [0.29, 0.717) is 23.1 Å². The molecule has 128 valence electrons. The zero-order chi connectivity index (χ0) is 17.6. The zero-order valence-corrected chi connectivity index (χ0v) is 14.0. The number of hydrogen-bond donors (Lipinski definition) is 1. The average Bonchev–Trinajstić information content (AvgIpc) is 3.11. The molecule has 0 unspecified atom stereocenters. The molecule has 1 aromatic heterocycles. The Kier molecular flexibility index (Phi) is 4.94. The Labute approximate surface area is 145 Å². The molecular formula is C18H18N4O3. The lowest BCUT2D eigenvalue weighted by Crippen LogP contribution is -2.15. The molecule has 0 atom stereocenters. The minimum atomic E-state index is 0.0225. The van der Waals surface area contributed by atoms with Gasteiger partial charge >= 0.3 is 0 Å². The Morgan fingerprint density at radius 2 is 1.88 bits per heavy atom. The molecule has 3 rings (SSSR count). The quantitative estimate of drug-likeness (QED) is 0.422. The lowest BCUT2D eigenvalue weighted by Gasteiger charge is -2.06. The molecule has 0 aliphatic rings. The van der Waals surface area contributed by atoms with Gasteiger partial charge in [0.25, 0.3) is 5.89 Å². The van der Waals surface area contributed by atoms with Gasteiger partial charge in [0, 0.05) is 5.56 Å². The van der Waals surface area contributed by atoms with Crippen LogP contribution in [0.1, 0.15) is 17.0 Å². The van der Waals surface area contributed by atoms with Crippen LogP contribution in [0.15, 0.2) is 58.1 Å². The Morgan fingerprint density at radius 3 is 2.64 bits per heavy atom. The van der Waals surface area contributed by atoms with Gasteiger partial charge in [0.05, 0.1) is 12.7 Å². The second kappa shape index (κ2) is 7.48. The van der Waals surface area contributed by atoms with Crippen LogP contribution in [0.3, 0.4) is 0 Å². The summed E-state index contributed by atoms with van der Waals surface area (Å²) >= 11 is 0. The molecule has 2 aromatic carbocycles. The minimum Gasteiger partial charge on any atom is -0.496 e. The summed E-state index contributed by atoms with van der Waals surface area (Å²) in [4.78, 5) is 5.21. The van der Waals surface area contributed by atoms with Crippen molar-refractivity contribution >= 4 is 5.84 Å². The van der Waals surface area contributed by atoms with Gasteiger partial charge in [-0.2, -0.15) is 0 Å². The van der Waals surface area contributed by atoms with Crippen LogP contribution in [0.5, 0.6) is 5.75 Å². The molecular weight excluding hydrogens is 320 g/mol. The van der Waals surface area contributed by atoms with Crippen molar-refractivity contribution in [3.8, 4) is 17.2 Å². The first-order chi connectivity index (χ1) is 12.2. The Balaban J connectivity index is 1.65. The van der Waals surface area contributed by atoms with Crippen LogP contribution in [-0.4, -0.2) is 23.1 Å². The highest BCUT2D eigenvalue weighted by Crippen LogP contribution is 2.19. The molecule has 3 aromatic rings. The summed E-state index contributed by atoms with van der Waals surface area (Å²) in [5.41, 5.74) is 8.58. The molecule has 7 heteroatoms. The highest BCUT2D eigenvalue weighted by Gasteiger charge is 2.10. The molecule has 1 heterocycles. The van der Waals surface area contributed by atoms with Gasteiger partial charge in [0.2, 0.25) is 5.89 Å². The minimum absolute atomic E-state index is 0.0225. The number of amidine groups is 1. The number of rotatable bonds is 6. The van der Waals surface area contributed by atoms with E-state index >= 15 is 0 Å². The number of benzene rings is 2. The maximum atomic E-state index is 5.92. The fraction of sp³-hybridized carbons (Fsp3) is 0.167. The van der Waals surface area contributed by atoms with Crippen molar-refractivity contribution in [2.75, 3.05) is 7.11 Å². The molecule has 0 saturated carbocycles. The van der Waals surface area contributed by atoms with Crippen LogP contribution in [0.25, 0.3) is 11.5 Å². The van der Waals surface area contributed by atoms with Crippen molar-refractivity contribution in [2.24, 2.45) is 10.9 Å². The normalized spacial score (nSPS) is 11.4. The molecule has 7 nitrogen and oxygen atoms in total. The summed E-state index contributed by atoms with van der Waals surface area (Å²) < 4.78 is 10.8. The van der Waals surface area contributed by atoms with Crippen molar-refractivity contribution < 1.29 is 14.0 Å². The first kappa shape index (κ1) is 16.5. The Bertz CT molecular complexity index is 872. The van der Waals surface area contributed by atoms with E-state index in [1.54, 1.807) is 19.2 Å². The molecule has 0 fully saturated rings. The fourth-order valence-corrected chi connectivity index (χ4v) is 2.19. The fourth-order valence-electron chi connectivity index (χ4n) is 2.19. The third-order valence-corrected chi connectivity index (χ3v) is 3.50. The predicted molar refractivity (Wildman–Crippen MR) is 93.0 cm³/mol. The molecule has 0 spiro atoms. The van der Waals surface area contributed by atoms with Gasteiger partial charge in [-0.05, 0) is 31.2 Å². The van der Waals surface area contributed by atoms with Gasteiger partial charge in [-0.15, -0.1) is 10.2 Å². The summed E-state index contributed by atoms with van der Waals surface area (Å²) in [6.45, 7) is 2.04. The van der Waals surface area contributed by atoms with E-state index in [-0.39, 0.29) is 12.4 Å². The number of ether oxygens (including phenoxy) is 1. The van der Waals surface area contributed by atoms with Gasteiger partial charge in [-0.3, -0.25) is 0 Å². The molecule has 0 aliphatic heterocycles. The maximum Gasteiger partial charge on any atom is 0.257 e. The highest BCUT2D eigenvalue weighted by molar-refractivity contribution is 5.99. The number of nitrogens with two attached hydrogens (primary N) is 1. The van der Waals surface area contributed by atoms with Crippen LogP contribution in [-0.2, 0) is 11.4 Å². The number of hydrogen-bond acceptors (Lipinski definition) is 6. The maximum absolute atomic E-state index is 5.92. The van der Waals surface area contributed by atoms with Crippen molar-refractivity contribution in [3.63, 3.8) is 0 Å². The van der Waals surface area contributed by atoms with E-state index in [9.17, 15) is 0 Å². The van der Waals surface area contributed by atoms with Crippen molar-refractivity contribution in [1.29, 1.82) is 0 Å². The molecule has 2 N–H and O–H groups in total. The van der Waals surface area contributed by atoms with Crippen LogP contribution < -0.4 is 10.5 Å². The predicted octanol–water partition coefficient (Wildman–Crippen LogP) is 2.89. The third kappa shape index (κ3) is 3.95. The number of para-hydroxylation sites is 1. The number of aryl methyl sites for hydroxylation is 1. The summed E-state index contributed by atoms with van der Waals surface area (Å²) in [5, 5.41) is 11.8. The van der Waals surface area contributed by atoms with E-state index < -0.39 is 0 Å². The van der Waals surface area contributed by atoms with Gasteiger partial charge in [0.1, 0.15) is 5.75 Å². The standard InChI is InChI=1S/C18H18N4O3/c1-12-7-9-13(10-8-12)18-21-20-16(25-18)11-24-22-17(19)14-5-3-4-6-15(14)23-2/h3-10H,11H2,1-2H3,(H2,19,22). The third-order valence-electron chi connectivity index (χ3n) is 3.50. The first-order valence-electron chi connectivity index (χ1n) is 7.65. The average molecular weight is 338 g/mol. The van der Waals surface area contributed by atoms with E-state index in [0.717, 1.165) is 11.1 Å². The summed E-state index contributed by atoms with van der Waals surface area (Å²) in [6.07, 6.45) is 0. The summed E-state index contributed by atoms with van der Waals surface area (Å²) in [7, 11) is 1.57. The van der Waals surface area contributed by atoms with Crippen LogP contribution in [0.4, 0.5) is 0 Å². The van der Waals surface area contributed by atoms with Crippen LogP contribution in [0.2, 0.25) is 0 Å². The van der Waals surface area contributed by atoms with E-state index in [4.69, 9.17) is 19.7 Å². The molecule has 0 saturated heterocycles. The largest absolute Gasteiger partial charge is 0.496 e. The number of aromatic nitrogens is 2. The van der Waals surface area contributed by atoms with Crippen LogP contribution >= 0.6 is 0 Å². The monoisotopic (exact) mass is 338 g/mol. The van der Waals surface area contributed by atoms with E-state index in [2.05, 4.69) is 15.4 Å². The number of nitrogens with zero attached hydrogens (tertiary/aromatic N) is 3. The summed E-state index contributed by atoms with van der Waals surface area (Å²) in [6, 6.07) is 15.1. The number of oxime groups is 1. The second-order valence-corrected chi connectivity index (χ2v) is 5.32.